The van der Waals surface area contributed by atoms with E-state index in [0.29, 0.717) is 38.8 Å². The Hall–Kier alpha value is -4.43. The number of aliphatic hydroxyl groups excluding tert-OH is 3. The highest BCUT2D eigenvalue weighted by Crippen LogP contribution is 2.24. The van der Waals surface area contributed by atoms with Crippen molar-refractivity contribution in [1.82, 2.24) is 31.9 Å². The van der Waals surface area contributed by atoms with Crippen LogP contribution in [0.4, 0.5) is 4.79 Å². The first kappa shape index (κ1) is 48.7. The van der Waals surface area contributed by atoms with Gasteiger partial charge in [0.15, 0.2) is 24.3 Å². The number of guanidine groups is 1. The van der Waals surface area contributed by atoms with Gasteiger partial charge in [0.2, 0.25) is 23.6 Å². The van der Waals surface area contributed by atoms with E-state index >= 15 is 0 Å². The van der Waals surface area contributed by atoms with Gasteiger partial charge >= 0.3 is 12.1 Å². The van der Waals surface area contributed by atoms with E-state index in [1.54, 1.807) is 0 Å². The first-order valence-electron chi connectivity index (χ1n) is 18.9. The Morgan fingerprint density at radius 2 is 1.53 bits per heavy atom. The molecule has 0 saturated carbocycles. The lowest BCUT2D eigenvalue weighted by Gasteiger charge is -2.44. The topological polar surface area (TPSA) is 416 Å². The number of carbonyl (C=O) groups excluding carboxylic acids is 5. The molecule has 2 aliphatic rings. The summed E-state index contributed by atoms with van der Waals surface area (Å²) < 4.78 is 10.7. The summed E-state index contributed by atoms with van der Waals surface area (Å²) in [6.45, 7) is 1.35. The van der Waals surface area contributed by atoms with Crippen molar-refractivity contribution < 1.29 is 58.7 Å². The van der Waals surface area contributed by atoms with Crippen LogP contribution in [0.1, 0.15) is 64.7 Å². The molecule has 5 amide bonds. The summed E-state index contributed by atoms with van der Waals surface area (Å²) in [4.78, 5) is 77.0. The molecule has 2 heterocycles. The van der Waals surface area contributed by atoms with E-state index in [2.05, 4.69) is 36.9 Å². The molecule has 0 aromatic rings. The monoisotopic (exact) mass is 818 g/mol. The second kappa shape index (κ2) is 25.0. The van der Waals surface area contributed by atoms with E-state index < -0.39 is 85.4 Å². The van der Waals surface area contributed by atoms with Crippen LogP contribution >= 0.6 is 0 Å². The van der Waals surface area contributed by atoms with E-state index in [9.17, 15) is 49.2 Å². The fraction of sp³-hybridized carbons (Fsp3) is 0.788. The van der Waals surface area contributed by atoms with Crippen molar-refractivity contribution in [1.29, 1.82) is 0 Å². The Morgan fingerprint density at radius 3 is 2.09 bits per heavy atom. The average Bonchev–Trinajstić information content (AvgIpc) is 3.57. The number of carboxylic acid groups (broad SMARTS) is 1. The number of aliphatic hydroxyl groups is 3. The highest BCUT2D eigenvalue weighted by molar-refractivity contribution is 5.89. The number of hydrogen-bond acceptors (Lipinski definition) is 18. The molecule has 57 heavy (non-hydrogen) atoms. The van der Waals surface area contributed by atoms with Gasteiger partial charge in [0, 0.05) is 63.9 Å². The normalized spacial score (nSPS) is 25.1. The number of hydrogen-bond donors (Lipinski definition) is 15. The van der Waals surface area contributed by atoms with Gasteiger partial charge in [0.25, 0.3) is 0 Å². The van der Waals surface area contributed by atoms with Gasteiger partial charge in [0.05, 0.1) is 18.8 Å². The van der Waals surface area contributed by atoms with Crippen molar-refractivity contribution in [2.75, 3.05) is 32.8 Å². The third-order valence-electron chi connectivity index (χ3n) is 9.22. The Morgan fingerprint density at radius 1 is 0.930 bits per heavy atom. The van der Waals surface area contributed by atoms with Gasteiger partial charge in [-0.1, -0.05) is 0 Å². The van der Waals surface area contributed by atoms with E-state index in [-0.39, 0.29) is 68.5 Å². The maximum atomic E-state index is 13.2. The molecular weight excluding hydrogens is 756 g/mol. The third kappa shape index (κ3) is 17.3. The molecule has 0 unspecified atom stereocenters. The molecule has 1 saturated heterocycles. The van der Waals surface area contributed by atoms with E-state index in [1.807, 2.05) is 0 Å². The van der Waals surface area contributed by atoms with Crippen molar-refractivity contribution in [3.8, 4) is 0 Å². The minimum Gasteiger partial charge on any atom is -0.480 e. The number of amides is 5. The minimum atomic E-state index is -1.71. The number of rotatable bonds is 25. The first-order valence-corrected chi connectivity index (χ1v) is 18.9. The van der Waals surface area contributed by atoms with Gasteiger partial charge in [-0.3, -0.25) is 19.2 Å². The standard InChI is InChI=1S/C33H62N12O12/c1-16(47)41-19(7-4-10-39-22(49)11-17(36)5-2-8-34)13-23(50)40-9-3-6-18(37)12-24(51)42-27-28(52)29(57-32(38)55)21(15-46)56-30(27)45-33-43-25(20(48)14-35)26(44-33)31(53)54/h17-21,25-30,46,48,52H,2-15,34-37H2,1H3,(H2,38,55)(H,39,49)(H,40,50)(H,41,47)(H,42,51)(H,53,54)(H2,43,44,45)/t17-,18+,19+,20-,21-,25-,26+,27-,28+,29+,30-/m1/s1. The summed E-state index contributed by atoms with van der Waals surface area (Å²) in [5.41, 5.74) is 28.2. The van der Waals surface area contributed by atoms with Gasteiger partial charge < -0.3 is 90.5 Å². The number of nitrogens with two attached hydrogens (primary N) is 5. The zero-order chi connectivity index (χ0) is 42.7. The smallest absolute Gasteiger partial charge is 0.404 e. The Labute approximate surface area is 330 Å². The summed E-state index contributed by atoms with van der Waals surface area (Å²) in [6, 6.07) is -5.46. The molecule has 2 aliphatic heterocycles. The van der Waals surface area contributed by atoms with E-state index in [0.717, 1.165) is 6.42 Å². The molecule has 0 aromatic carbocycles. The molecule has 11 atom stereocenters. The van der Waals surface area contributed by atoms with Crippen molar-refractivity contribution in [3.63, 3.8) is 0 Å². The summed E-state index contributed by atoms with van der Waals surface area (Å²) in [5, 5.41) is 57.2. The van der Waals surface area contributed by atoms with Crippen molar-refractivity contribution in [2.45, 2.75) is 132 Å². The predicted molar refractivity (Wildman–Crippen MR) is 202 cm³/mol. The van der Waals surface area contributed by atoms with Crippen LogP contribution in [0, 0.1) is 0 Å². The zero-order valence-electron chi connectivity index (χ0n) is 32.1. The zero-order valence-corrected chi connectivity index (χ0v) is 32.1. The largest absolute Gasteiger partial charge is 0.480 e. The SMILES string of the molecule is CC(=O)N[C@@H](CCCNC(=O)C[C@H](N)CCCN)CC(=O)NCCC[C@H](N)CC(=O)N[C@@H]1[C@H](O)[C@@H](OC(N)=O)[C@@H](CO)O[C@H]1NC1=N[C@H](C(=O)O)[C@@H]([C@H](O)CN)N1. The van der Waals surface area contributed by atoms with Gasteiger partial charge in [-0.05, 0) is 45.1 Å². The molecule has 0 radical (unpaired) electrons. The van der Waals surface area contributed by atoms with Gasteiger partial charge in [0.1, 0.15) is 18.2 Å². The molecule has 24 heteroatoms. The fourth-order valence-corrected chi connectivity index (χ4v) is 6.39. The highest BCUT2D eigenvalue weighted by atomic mass is 16.6. The molecule has 20 N–H and O–H groups in total. The van der Waals surface area contributed by atoms with Crippen LogP contribution in [0.2, 0.25) is 0 Å². The number of nitrogens with one attached hydrogen (secondary N) is 6. The summed E-state index contributed by atoms with van der Waals surface area (Å²) in [6.07, 6.45) is -5.69. The molecule has 326 valence electrons. The number of aliphatic carboxylic acids is 1. The number of primary amides is 1. The maximum Gasteiger partial charge on any atom is 0.404 e. The van der Waals surface area contributed by atoms with Crippen LogP contribution in [-0.4, -0.2) is 162 Å². The lowest BCUT2D eigenvalue weighted by atomic mass is 9.95. The van der Waals surface area contributed by atoms with E-state index in [4.69, 9.17) is 38.1 Å². The lowest BCUT2D eigenvalue weighted by Crippen LogP contribution is -2.69. The Balaban J connectivity index is 1.91. The molecule has 1 fully saturated rings. The maximum absolute atomic E-state index is 13.2. The molecule has 0 spiro atoms. The number of carbonyl (C=O) groups is 6. The van der Waals surface area contributed by atoms with Crippen LogP contribution < -0.4 is 60.6 Å². The van der Waals surface area contributed by atoms with Gasteiger partial charge in [-0.2, -0.15) is 0 Å². The number of nitrogens with zero attached hydrogens (tertiary/aromatic N) is 1. The number of ether oxygens (including phenoxy) is 2. The van der Waals surface area contributed by atoms with Crippen molar-refractivity contribution in [3.05, 3.63) is 0 Å². The molecule has 0 aromatic heterocycles. The molecule has 24 nitrogen and oxygen atoms in total. The number of aliphatic imine (C=N–C) groups is 1. The summed E-state index contributed by atoms with van der Waals surface area (Å²) in [7, 11) is 0. The highest BCUT2D eigenvalue weighted by Gasteiger charge is 2.49. The van der Waals surface area contributed by atoms with Crippen LogP contribution in [0.3, 0.4) is 0 Å². The average molecular weight is 819 g/mol. The first-order chi connectivity index (χ1) is 27.0. The Kier molecular flexibility index (Phi) is 21.4. The van der Waals surface area contributed by atoms with E-state index in [1.165, 1.54) is 6.92 Å². The van der Waals surface area contributed by atoms with Gasteiger partial charge in [-0.25, -0.2) is 14.6 Å². The molecule has 2 rings (SSSR count). The second-order valence-electron chi connectivity index (χ2n) is 14.1. The van der Waals surface area contributed by atoms with Crippen LogP contribution in [0.25, 0.3) is 0 Å². The van der Waals surface area contributed by atoms with Crippen LogP contribution in [0.5, 0.6) is 0 Å². The van der Waals surface area contributed by atoms with Crippen LogP contribution in [0.15, 0.2) is 4.99 Å². The quantitative estimate of drug-likeness (QED) is 0.0381. The summed E-state index contributed by atoms with van der Waals surface area (Å²) in [5.74, 6) is -3.05. The van der Waals surface area contributed by atoms with Crippen LogP contribution in [-0.2, 0) is 33.4 Å². The molecular formula is C33H62N12O12. The summed E-state index contributed by atoms with van der Waals surface area (Å²) >= 11 is 0. The van der Waals surface area contributed by atoms with Gasteiger partial charge in [-0.15, -0.1) is 0 Å². The predicted octanol–water partition coefficient (Wildman–Crippen LogP) is -6.44. The second-order valence-corrected chi connectivity index (χ2v) is 14.1. The minimum absolute atomic E-state index is 0.00228. The lowest BCUT2D eigenvalue weighted by molar-refractivity contribution is -0.198. The Bertz CT molecular complexity index is 1360. The fourth-order valence-electron chi connectivity index (χ4n) is 6.39. The molecule has 0 aliphatic carbocycles. The van der Waals surface area contributed by atoms with Crippen molar-refractivity contribution in [2.24, 2.45) is 33.7 Å². The van der Waals surface area contributed by atoms with Crippen molar-refractivity contribution >= 4 is 41.7 Å². The number of carboxylic acids is 1. The molecule has 0 bridgehead atoms. The third-order valence-corrected chi connectivity index (χ3v) is 9.22.